The summed E-state index contributed by atoms with van der Waals surface area (Å²) in [5, 5.41) is 0. The number of hydrogen-bond donors (Lipinski definition) is 0. The second kappa shape index (κ2) is 7.79. The van der Waals surface area contributed by atoms with Gasteiger partial charge in [0.15, 0.2) is 0 Å². The third-order valence-electron chi connectivity index (χ3n) is 5.36. The molecule has 0 spiro atoms. The molecule has 2 saturated heterocycles. The van der Waals surface area contributed by atoms with E-state index in [1.165, 1.54) is 25.8 Å². The average molecular weight is 332 g/mol. The first-order valence-electron chi connectivity index (χ1n) is 9.41. The zero-order chi connectivity index (χ0) is 17.1. The highest BCUT2D eigenvalue weighted by Gasteiger charge is 2.26. The van der Waals surface area contributed by atoms with Gasteiger partial charge in [-0.25, -0.2) is 9.97 Å². The Morgan fingerprint density at radius 2 is 2.00 bits per heavy atom. The molecule has 5 heteroatoms. The minimum atomic E-state index is 0.376. The van der Waals surface area contributed by atoms with Gasteiger partial charge in [0, 0.05) is 50.0 Å². The van der Waals surface area contributed by atoms with Crippen molar-refractivity contribution in [1.29, 1.82) is 0 Å². The number of nitrogens with zero attached hydrogens (tertiary/aromatic N) is 4. The molecular weight excluding hydrogens is 300 g/mol. The SMILES string of the molecule is Cc1cc(N2CCC(N(C)C[C@@H]3CCOC3)CC2)nc(C(C)C)n1. The molecule has 3 rings (SSSR count). The van der Waals surface area contributed by atoms with E-state index in [-0.39, 0.29) is 0 Å². The van der Waals surface area contributed by atoms with Crippen molar-refractivity contribution in [3.63, 3.8) is 0 Å². The number of ether oxygens (including phenoxy) is 1. The zero-order valence-electron chi connectivity index (χ0n) is 15.7. The fourth-order valence-electron chi connectivity index (χ4n) is 3.81. The molecule has 0 N–H and O–H groups in total. The monoisotopic (exact) mass is 332 g/mol. The number of aromatic nitrogens is 2. The number of piperidine rings is 1. The van der Waals surface area contributed by atoms with Crippen LogP contribution in [0.15, 0.2) is 6.07 Å². The maximum Gasteiger partial charge on any atom is 0.133 e. The molecule has 134 valence electrons. The molecule has 0 unspecified atom stereocenters. The van der Waals surface area contributed by atoms with Crippen molar-refractivity contribution in [2.24, 2.45) is 5.92 Å². The van der Waals surface area contributed by atoms with Gasteiger partial charge in [-0.05, 0) is 39.2 Å². The van der Waals surface area contributed by atoms with Crippen molar-refractivity contribution in [3.05, 3.63) is 17.6 Å². The average Bonchev–Trinajstić information content (AvgIpc) is 3.07. The zero-order valence-corrected chi connectivity index (χ0v) is 15.7. The second-order valence-electron chi connectivity index (χ2n) is 7.77. The van der Waals surface area contributed by atoms with Crippen LogP contribution in [0, 0.1) is 12.8 Å². The third kappa shape index (κ3) is 4.25. The van der Waals surface area contributed by atoms with Crippen molar-refractivity contribution < 1.29 is 4.74 Å². The molecule has 1 aromatic rings. The largest absolute Gasteiger partial charge is 0.381 e. The molecule has 5 nitrogen and oxygen atoms in total. The van der Waals surface area contributed by atoms with Crippen LogP contribution in [-0.2, 0) is 4.74 Å². The van der Waals surface area contributed by atoms with Crippen LogP contribution in [0.3, 0.4) is 0 Å². The van der Waals surface area contributed by atoms with Gasteiger partial charge in [-0.15, -0.1) is 0 Å². The Morgan fingerprint density at radius 3 is 2.62 bits per heavy atom. The maximum absolute atomic E-state index is 5.51. The number of anilines is 1. The molecule has 2 aliphatic rings. The van der Waals surface area contributed by atoms with Crippen LogP contribution in [0.25, 0.3) is 0 Å². The van der Waals surface area contributed by atoms with E-state index in [1.54, 1.807) is 0 Å². The smallest absolute Gasteiger partial charge is 0.133 e. The van der Waals surface area contributed by atoms with Crippen LogP contribution in [0.2, 0.25) is 0 Å². The molecule has 0 saturated carbocycles. The number of aryl methyl sites for hydroxylation is 1. The van der Waals surface area contributed by atoms with Crippen LogP contribution in [0.5, 0.6) is 0 Å². The predicted molar refractivity (Wildman–Crippen MR) is 97.6 cm³/mol. The lowest BCUT2D eigenvalue weighted by atomic mass is 10.0. The lowest BCUT2D eigenvalue weighted by molar-refractivity contribution is 0.150. The van der Waals surface area contributed by atoms with Crippen LogP contribution >= 0.6 is 0 Å². The Balaban J connectivity index is 1.56. The van der Waals surface area contributed by atoms with E-state index >= 15 is 0 Å². The molecular formula is C19H32N4O. The van der Waals surface area contributed by atoms with Crippen molar-refractivity contribution in [1.82, 2.24) is 14.9 Å². The minimum absolute atomic E-state index is 0.376. The molecule has 3 heterocycles. The summed E-state index contributed by atoms with van der Waals surface area (Å²) in [6.45, 7) is 11.6. The predicted octanol–water partition coefficient (Wildman–Crippen LogP) is 2.85. The Labute approximate surface area is 146 Å². The normalized spacial score (nSPS) is 22.8. The Bertz CT molecular complexity index is 534. The van der Waals surface area contributed by atoms with Gasteiger partial charge in [0.25, 0.3) is 0 Å². The fraction of sp³-hybridized carbons (Fsp3) is 0.789. The van der Waals surface area contributed by atoms with Gasteiger partial charge in [0.1, 0.15) is 11.6 Å². The van der Waals surface area contributed by atoms with Crippen molar-refractivity contribution in [3.8, 4) is 0 Å². The summed E-state index contributed by atoms with van der Waals surface area (Å²) in [5.41, 5.74) is 1.07. The highest BCUT2D eigenvalue weighted by Crippen LogP contribution is 2.24. The lowest BCUT2D eigenvalue weighted by Gasteiger charge is -2.38. The van der Waals surface area contributed by atoms with E-state index in [4.69, 9.17) is 9.72 Å². The Morgan fingerprint density at radius 1 is 1.25 bits per heavy atom. The van der Waals surface area contributed by atoms with Crippen molar-refractivity contribution in [2.75, 3.05) is 44.8 Å². The molecule has 24 heavy (non-hydrogen) atoms. The van der Waals surface area contributed by atoms with Gasteiger partial charge >= 0.3 is 0 Å². The number of hydrogen-bond acceptors (Lipinski definition) is 5. The first-order chi connectivity index (χ1) is 11.5. The molecule has 0 aromatic carbocycles. The highest BCUT2D eigenvalue weighted by atomic mass is 16.5. The Kier molecular flexibility index (Phi) is 5.72. The van der Waals surface area contributed by atoms with Crippen LogP contribution in [0.1, 0.15) is 50.5 Å². The third-order valence-corrected chi connectivity index (χ3v) is 5.36. The van der Waals surface area contributed by atoms with Crippen molar-refractivity contribution >= 4 is 5.82 Å². The number of rotatable bonds is 5. The van der Waals surface area contributed by atoms with E-state index in [0.717, 1.165) is 49.6 Å². The molecule has 0 bridgehead atoms. The summed E-state index contributed by atoms with van der Waals surface area (Å²) in [5.74, 6) is 3.18. The summed E-state index contributed by atoms with van der Waals surface area (Å²) in [6.07, 6.45) is 3.65. The minimum Gasteiger partial charge on any atom is -0.381 e. The molecule has 0 radical (unpaired) electrons. The first kappa shape index (κ1) is 17.6. The van der Waals surface area contributed by atoms with Crippen LogP contribution < -0.4 is 4.90 Å². The van der Waals surface area contributed by atoms with Gasteiger partial charge in [-0.1, -0.05) is 13.8 Å². The van der Waals surface area contributed by atoms with E-state index in [0.29, 0.717) is 12.0 Å². The van der Waals surface area contributed by atoms with Gasteiger partial charge < -0.3 is 14.5 Å². The first-order valence-corrected chi connectivity index (χ1v) is 9.41. The molecule has 2 aliphatic heterocycles. The molecule has 1 atom stereocenters. The summed E-state index contributed by atoms with van der Waals surface area (Å²) < 4.78 is 5.51. The summed E-state index contributed by atoms with van der Waals surface area (Å²) in [6, 6.07) is 2.82. The second-order valence-corrected chi connectivity index (χ2v) is 7.77. The van der Waals surface area contributed by atoms with Gasteiger partial charge in [0.2, 0.25) is 0 Å². The molecule has 1 aromatic heterocycles. The van der Waals surface area contributed by atoms with E-state index in [1.807, 2.05) is 0 Å². The summed E-state index contributed by atoms with van der Waals surface area (Å²) in [4.78, 5) is 14.4. The fourth-order valence-corrected chi connectivity index (χ4v) is 3.81. The lowest BCUT2D eigenvalue weighted by Crippen LogP contribution is -2.45. The van der Waals surface area contributed by atoms with Gasteiger partial charge in [-0.2, -0.15) is 0 Å². The van der Waals surface area contributed by atoms with E-state index < -0.39 is 0 Å². The summed E-state index contributed by atoms with van der Waals surface area (Å²) in [7, 11) is 2.28. The van der Waals surface area contributed by atoms with Gasteiger partial charge in [0.05, 0.1) is 6.61 Å². The van der Waals surface area contributed by atoms with E-state index in [2.05, 4.69) is 48.7 Å². The quantitative estimate of drug-likeness (QED) is 0.829. The Hall–Kier alpha value is -1.20. The summed E-state index contributed by atoms with van der Waals surface area (Å²) >= 11 is 0. The standard InChI is InChI=1S/C19H32N4O/c1-14(2)19-20-15(3)11-18(21-19)23-8-5-17(6-9-23)22(4)12-16-7-10-24-13-16/h11,14,16-17H,5-10,12-13H2,1-4H3/t16-/m0/s1. The maximum atomic E-state index is 5.51. The van der Waals surface area contributed by atoms with Gasteiger partial charge in [-0.3, -0.25) is 0 Å². The molecule has 0 aliphatic carbocycles. The molecule has 0 amide bonds. The topological polar surface area (TPSA) is 41.5 Å². The highest BCUT2D eigenvalue weighted by molar-refractivity contribution is 5.40. The van der Waals surface area contributed by atoms with E-state index in [9.17, 15) is 0 Å². The van der Waals surface area contributed by atoms with Crippen LogP contribution in [0.4, 0.5) is 5.82 Å². The van der Waals surface area contributed by atoms with Crippen LogP contribution in [-0.4, -0.2) is 60.8 Å². The molecule has 2 fully saturated rings. The van der Waals surface area contributed by atoms with Crippen molar-refractivity contribution in [2.45, 2.75) is 52.0 Å².